The van der Waals surface area contributed by atoms with Gasteiger partial charge < -0.3 is 10.1 Å². The van der Waals surface area contributed by atoms with Crippen LogP contribution in [0.25, 0.3) is 0 Å². The molecule has 1 fully saturated rings. The number of rotatable bonds is 5. The lowest BCUT2D eigenvalue weighted by atomic mass is 10.3. The van der Waals surface area contributed by atoms with Crippen LogP contribution in [0.4, 0.5) is 13.6 Å². The highest BCUT2D eigenvalue weighted by atomic mass is 32.2. The molecule has 0 bridgehead atoms. The van der Waals surface area contributed by atoms with E-state index < -0.39 is 35.6 Å². The van der Waals surface area contributed by atoms with Crippen LogP contribution < -0.4 is 5.32 Å². The smallest absolute Gasteiger partial charge is 0.324 e. The van der Waals surface area contributed by atoms with Crippen molar-refractivity contribution in [1.82, 2.24) is 10.2 Å². The molecule has 0 aromatic heterocycles. The zero-order chi connectivity index (χ0) is 17.0. The summed E-state index contributed by atoms with van der Waals surface area (Å²) in [6.07, 6.45) is -1.13. The Bertz CT molecular complexity index is 641. The Kier molecular flexibility index (Phi) is 5.54. The van der Waals surface area contributed by atoms with E-state index in [1.165, 1.54) is 6.92 Å². The summed E-state index contributed by atoms with van der Waals surface area (Å²) in [6, 6.07) is 2.37. The van der Waals surface area contributed by atoms with Crippen LogP contribution in [-0.4, -0.2) is 47.8 Å². The fourth-order valence-corrected chi connectivity index (χ4v) is 2.65. The SMILES string of the molecule is C[C@H](OC(=O)CSc1cc(F)ccc1F)C(=O)N1CCNC1=O. The number of amides is 3. The summed E-state index contributed by atoms with van der Waals surface area (Å²) in [4.78, 5) is 35.9. The maximum atomic E-state index is 13.4. The second-order valence-electron chi connectivity index (χ2n) is 4.72. The van der Waals surface area contributed by atoms with Crippen molar-refractivity contribution in [2.45, 2.75) is 17.9 Å². The first-order valence-corrected chi connectivity index (χ1v) is 7.73. The Morgan fingerprint density at radius 1 is 1.43 bits per heavy atom. The lowest BCUT2D eigenvalue weighted by Crippen LogP contribution is -2.42. The van der Waals surface area contributed by atoms with Crippen LogP contribution in [0, 0.1) is 11.6 Å². The largest absolute Gasteiger partial charge is 0.452 e. The van der Waals surface area contributed by atoms with Crippen LogP contribution in [-0.2, 0) is 14.3 Å². The Labute approximate surface area is 135 Å². The third-order valence-electron chi connectivity index (χ3n) is 3.02. The number of urea groups is 1. The summed E-state index contributed by atoms with van der Waals surface area (Å²) in [5, 5.41) is 2.46. The summed E-state index contributed by atoms with van der Waals surface area (Å²) in [6.45, 7) is 1.90. The lowest BCUT2D eigenvalue weighted by molar-refractivity contribution is -0.155. The molecule has 6 nitrogen and oxygen atoms in total. The fraction of sp³-hybridized carbons (Fsp3) is 0.357. The van der Waals surface area contributed by atoms with Gasteiger partial charge in [0, 0.05) is 18.0 Å². The highest BCUT2D eigenvalue weighted by molar-refractivity contribution is 8.00. The number of nitrogens with one attached hydrogen (secondary N) is 1. The quantitative estimate of drug-likeness (QED) is 0.648. The van der Waals surface area contributed by atoms with Gasteiger partial charge in [0.1, 0.15) is 11.6 Å². The fourth-order valence-electron chi connectivity index (χ4n) is 1.91. The molecule has 1 aliphatic rings. The second kappa shape index (κ2) is 7.40. The van der Waals surface area contributed by atoms with Crippen LogP contribution >= 0.6 is 11.8 Å². The van der Waals surface area contributed by atoms with Crippen molar-refractivity contribution < 1.29 is 27.9 Å². The van der Waals surface area contributed by atoms with Gasteiger partial charge in [-0.3, -0.25) is 14.5 Å². The molecule has 0 aliphatic carbocycles. The Morgan fingerprint density at radius 2 is 2.17 bits per heavy atom. The Balaban J connectivity index is 1.85. The highest BCUT2D eigenvalue weighted by Crippen LogP contribution is 2.22. The normalized spacial score (nSPS) is 15.3. The van der Waals surface area contributed by atoms with Gasteiger partial charge in [-0.25, -0.2) is 13.6 Å². The van der Waals surface area contributed by atoms with Crippen LogP contribution in [0.5, 0.6) is 0 Å². The number of benzene rings is 1. The molecule has 1 aliphatic heterocycles. The molecule has 1 atom stereocenters. The van der Waals surface area contributed by atoms with Gasteiger partial charge in [-0.2, -0.15) is 0 Å². The molecule has 23 heavy (non-hydrogen) atoms. The van der Waals surface area contributed by atoms with E-state index in [4.69, 9.17) is 4.74 Å². The topological polar surface area (TPSA) is 75.7 Å². The molecule has 124 valence electrons. The number of hydrogen-bond acceptors (Lipinski definition) is 5. The Morgan fingerprint density at radius 3 is 2.83 bits per heavy atom. The minimum Gasteiger partial charge on any atom is -0.452 e. The summed E-state index contributed by atoms with van der Waals surface area (Å²) >= 11 is 0.762. The van der Waals surface area contributed by atoms with Crippen molar-refractivity contribution in [2.24, 2.45) is 0 Å². The van der Waals surface area contributed by atoms with Gasteiger partial charge in [-0.1, -0.05) is 0 Å². The van der Waals surface area contributed by atoms with E-state index in [-0.39, 0.29) is 17.2 Å². The van der Waals surface area contributed by atoms with Crippen LogP contribution in [0.3, 0.4) is 0 Å². The van der Waals surface area contributed by atoms with Gasteiger partial charge in [0.25, 0.3) is 5.91 Å². The molecule has 1 aromatic carbocycles. The van der Waals surface area contributed by atoms with Gasteiger partial charge in [0.2, 0.25) is 0 Å². The van der Waals surface area contributed by atoms with E-state index in [1.54, 1.807) is 0 Å². The minimum absolute atomic E-state index is 0.0279. The molecule has 9 heteroatoms. The van der Waals surface area contributed by atoms with Crippen molar-refractivity contribution in [3.05, 3.63) is 29.8 Å². The molecule has 3 amide bonds. The summed E-state index contributed by atoms with van der Waals surface area (Å²) in [5.41, 5.74) is 0. The Hall–Kier alpha value is -2.16. The van der Waals surface area contributed by atoms with Gasteiger partial charge in [-0.05, 0) is 25.1 Å². The standard InChI is InChI=1S/C14H14F2N2O4S/c1-8(13(20)18-5-4-17-14(18)21)22-12(19)7-23-11-6-9(15)2-3-10(11)16/h2-3,6,8H,4-5,7H2,1H3,(H,17,21)/t8-/m0/s1. The van der Waals surface area contributed by atoms with Crippen molar-refractivity contribution in [1.29, 1.82) is 0 Å². The average molecular weight is 344 g/mol. The summed E-state index contributed by atoms with van der Waals surface area (Å²) < 4.78 is 31.3. The molecule has 0 unspecified atom stereocenters. The summed E-state index contributed by atoms with van der Waals surface area (Å²) in [7, 11) is 0. The van der Waals surface area contributed by atoms with E-state index in [1.807, 2.05) is 0 Å². The van der Waals surface area contributed by atoms with Gasteiger partial charge in [0.15, 0.2) is 6.10 Å². The van der Waals surface area contributed by atoms with Crippen LogP contribution in [0.15, 0.2) is 23.1 Å². The number of nitrogens with zero attached hydrogens (tertiary/aromatic N) is 1. The first-order chi connectivity index (χ1) is 10.9. The molecule has 1 N–H and O–H groups in total. The molecule has 0 saturated carbocycles. The van der Waals surface area contributed by atoms with E-state index >= 15 is 0 Å². The predicted octanol–water partition coefficient (Wildman–Crippen LogP) is 1.54. The van der Waals surface area contributed by atoms with E-state index in [0.29, 0.717) is 6.54 Å². The maximum absolute atomic E-state index is 13.4. The third kappa shape index (κ3) is 4.41. The first kappa shape index (κ1) is 17.2. The van der Waals surface area contributed by atoms with Crippen LogP contribution in [0.1, 0.15) is 6.92 Å². The van der Waals surface area contributed by atoms with E-state index in [0.717, 1.165) is 34.9 Å². The molecular formula is C14H14F2N2O4S. The lowest BCUT2D eigenvalue weighted by Gasteiger charge is -2.18. The molecule has 0 radical (unpaired) electrons. The third-order valence-corrected chi connectivity index (χ3v) is 4.02. The van der Waals surface area contributed by atoms with E-state index in [2.05, 4.69) is 5.32 Å². The van der Waals surface area contributed by atoms with Gasteiger partial charge in [-0.15, -0.1) is 11.8 Å². The average Bonchev–Trinajstić information content (AvgIpc) is 2.93. The summed E-state index contributed by atoms with van der Waals surface area (Å²) in [5.74, 6) is -2.95. The van der Waals surface area contributed by atoms with Crippen LogP contribution in [0.2, 0.25) is 0 Å². The molecular weight excluding hydrogens is 330 g/mol. The molecule has 0 spiro atoms. The molecule has 2 rings (SSSR count). The van der Waals surface area contributed by atoms with Crippen molar-refractivity contribution in [2.75, 3.05) is 18.8 Å². The zero-order valence-electron chi connectivity index (χ0n) is 12.2. The molecule has 1 saturated heterocycles. The number of ether oxygens (including phenoxy) is 1. The van der Waals surface area contributed by atoms with E-state index in [9.17, 15) is 23.2 Å². The number of carbonyl (C=O) groups is 3. The molecule has 1 aromatic rings. The second-order valence-corrected chi connectivity index (χ2v) is 5.73. The zero-order valence-corrected chi connectivity index (χ0v) is 13.0. The number of carbonyl (C=O) groups excluding carboxylic acids is 3. The maximum Gasteiger partial charge on any atom is 0.324 e. The van der Waals surface area contributed by atoms with Crippen molar-refractivity contribution in [3.8, 4) is 0 Å². The number of imide groups is 1. The van der Waals surface area contributed by atoms with Gasteiger partial charge >= 0.3 is 12.0 Å². The first-order valence-electron chi connectivity index (χ1n) is 6.75. The number of esters is 1. The molecule has 1 heterocycles. The minimum atomic E-state index is -1.13. The van der Waals surface area contributed by atoms with Crippen molar-refractivity contribution in [3.63, 3.8) is 0 Å². The monoisotopic (exact) mass is 344 g/mol. The predicted molar refractivity (Wildman–Crippen MR) is 77.7 cm³/mol. The highest BCUT2D eigenvalue weighted by Gasteiger charge is 2.31. The number of thioether (sulfide) groups is 1. The van der Waals surface area contributed by atoms with Gasteiger partial charge in [0.05, 0.1) is 5.75 Å². The number of hydrogen-bond donors (Lipinski definition) is 1. The number of halogens is 2. The van der Waals surface area contributed by atoms with Crippen molar-refractivity contribution >= 4 is 29.7 Å².